The molecule has 0 aliphatic heterocycles. The van der Waals surface area contributed by atoms with E-state index in [0.29, 0.717) is 0 Å². The SMILES string of the molecule is BrCc1cc(I)cnc1I. The number of aromatic nitrogens is 1. The van der Waals surface area contributed by atoms with Crippen molar-refractivity contribution in [2.24, 2.45) is 0 Å². The summed E-state index contributed by atoms with van der Waals surface area (Å²) in [6.45, 7) is 0. The molecule has 1 aromatic heterocycles. The van der Waals surface area contributed by atoms with Crippen LogP contribution in [-0.2, 0) is 5.33 Å². The summed E-state index contributed by atoms with van der Waals surface area (Å²) >= 11 is 7.89. The van der Waals surface area contributed by atoms with Gasteiger partial charge in [-0.25, -0.2) is 4.98 Å². The molecule has 1 rings (SSSR count). The van der Waals surface area contributed by atoms with Crippen LogP contribution in [-0.4, -0.2) is 4.98 Å². The average Bonchev–Trinajstić information content (AvgIpc) is 1.94. The summed E-state index contributed by atoms with van der Waals surface area (Å²) in [5.74, 6) is 0. The largest absolute Gasteiger partial charge is 0.249 e. The van der Waals surface area contributed by atoms with Crippen LogP contribution in [0.4, 0.5) is 0 Å². The van der Waals surface area contributed by atoms with Crippen molar-refractivity contribution in [2.45, 2.75) is 5.33 Å². The maximum Gasteiger partial charge on any atom is 0.105 e. The molecular formula is C6H4BrI2N. The molecule has 0 unspecified atom stereocenters. The summed E-state index contributed by atoms with van der Waals surface area (Å²) in [6, 6.07) is 2.13. The minimum absolute atomic E-state index is 0.884. The standard InChI is InChI=1S/C6H4BrI2N/c7-2-4-1-5(8)3-10-6(4)9/h1,3H,2H2. The molecule has 0 atom stereocenters. The first-order valence-corrected chi connectivity index (χ1v) is 5.88. The molecule has 54 valence electrons. The monoisotopic (exact) mass is 423 g/mol. The number of rotatable bonds is 1. The van der Waals surface area contributed by atoms with E-state index in [0.717, 1.165) is 9.03 Å². The van der Waals surface area contributed by atoms with Gasteiger partial charge < -0.3 is 0 Å². The Bertz CT molecular complexity index is 239. The van der Waals surface area contributed by atoms with Crippen molar-refractivity contribution in [3.63, 3.8) is 0 Å². The summed E-state index contributed by atoms with van der Waals surface area (Å²) in [7, 11) is 0. The maximum atomic E-state index is 4.20. The van der Waals surface area contributed by atoms with Gasteiger partial charge in [-0.3, -0.25) is 0 Å². The summed E-state index contributed by atoms with van der Waals surface area (Å²) < 4.78 is 2.27. The van der Waals surface area contributed by atoms with Crippen LogP contribution in [0.1, 0.15) is 5.56 Å². The van der Waals surface area contributed by atoms with Crippen molar-refractivity contribution in [1.82, 2.24) is 4.98 Å². The van der Waals surface area contributed by atoms with Crippen LogP contribution >= 0.6 is 61.1 Å². The molecule has 0 aromatic carbocycles. The highest BCUT2D eigenvalue weighted by Crippen LogP contribution is 2.15. The van der Waals surface area contributed by atoms with E-state index in [1.54, 1.807) is 0 Å². The number of halogens is 3. The van der Waals surface area contributed by atoms with Gasteiger partial charge in [0.2, 0.25) is 0 Å². The van der Waals surface area contributed by atoms with E-state index < -0.39 is 0 Å². The predicted molar refractivity (Wildman–Crippen MR) is 62.3 cm³/mol. The fourth-order valence-electron chi connectivity index (χ4n) is 0.558. The normalized spacial score (nSPS) is 9.90. The quantitative estimate of drug-likeness (QED) is 0.384. The molecule has 0 bridgehead atoms. The summed E-state index contributed by atoms with van der Waals surface area (Å²) in [5, 5.41) is 0.884. The molecule has 1 aromatic rings. The molecule has 0 saturated carbocycles. The lowest BCUT2D eigenvalue weighted by atomic mass is 10.3. The lowest BCUT2D eigenvalue weighted by Crippen LogP contribution is -1.89. The fourth-order valence-corrected chi connectivity index (χ4v) is 2.51. The minimum Gasteiger partial charge on any atom is -0.249 e. The van der Waals surface area contributed by atoms with E-state index in [9.17, 15) is 0 Å². The van der Waals surface area contributed by atoms with Crippen LogP contribution in [0.15, 0.2) is 12.3 Å². The molecule has 0 spiro atoms. The zero-order valence-corrected chi connectivity index (χ0v) is 10.8. The molecule has 4 heteroatoms. The lowest BCUT2D eigenvalue weighted by molar-refractivity contribution is 1.19. The first kappa shape index (κ1) is 9.18. The summed E-state index contributed by atoms with van der Waals surface area (Å²) in [5.41, 5.74) is 1.26. The van der Waals surface area contributed by atoms with Crippen LogP contribution in [0.5, 0.6) is 0 Å². The third kappa shape index (κ3) is 2.30. The number of nitrogens with zero attached hydrogens (tertiary/aromatic N) is 1. The van der Waals surface area contributed by atoms with Crippen molar-refractivity contribution in [2.75, 3.05) is 0 Å². The lowest BCUT2D eigenvalue weighted by Gasteiger charge is -1.97. The van der Waals surface area contributed by atoms with Crippen molar-refractivity contribution in [3.05, 3.63) is 25.1 Å². The Hall–Kier alpha value is 1.09. The van der Waals surface area contributed by atoms with Gasteiger partial charge >= 0.3 is 0 Å². The van der Waals surface area contributed by atoms with E-state index in [1.165, 1.54) is 9.13 Å². The number of hydrogen-bond acceptors (Lipinski definition) is 1. The van der Waals surface area contributed by atoms with Gasteiger partial charge in [-0.2, -0.15) is 0 Å². The van der Waals surface area contributed by atoms with E-state index in [1.807, 2.05) is 6.20 Å². The second-order valence-electron chi connectivity index (χ2n) is 1.74. The first-order valence-electron chi connectivity index (χ1n) is 2.60. The van der Waals surface area contributed by atoms with Crippen LogP contribution in [0.2, 0.25) is 0 Å². The Balaban J connectivity index is 3.09. The van der Waals surface area contributed by atoms with Crippen molar-refractivity contribution in [3.8, 4) is 0 Å². The van der Waals surface area contributed by atoms with E-state index in [2.05, 4.69) is 72.2 Å². The van der Waals surface area contributed by atoms with E-state index in [-0.39, 0.29) is 0 Å². The van der Waals surface area contributed by atoms with Gasteiger partial charge in [-0.05, 0) is 56.8 Å². The molecule has 0 saturated heterocycles. The van der Waals surface area contributed by atoms with E-state index >= 15 is 0 Å². The number of pyridine rings is 1. The second-order valence-corrected chi connectivity index (χ2v) is 4.57. The van der Waals surface area contributed by atoms with Gasteiger partial charge in [0.25, 0.3) is 0 Å². The highest BCUT2D eigenvalue weighted by molar-refractivity contribution is 14.1. The van der Waals surface area contributed by atoms with E-state index in [4.69, 9.17) is 0 Å². The smallest absolute Gasteiger partial charge is 0.105 e. The average molecular weight is 424 g/mol. The Kier molecular flexibility index (Phi) is 3.86. The van der Waals surface area contributed by atoms with Crippen molar-refractivity contribution in [1.29, 1.82) is 0 Å². The van der Waals surface area contributed by atoms with Crippen LogP contribution in [0.3, 0.4) is 0 Å². The highest BCUT2D eigenvalue weighted by Gasteiger charge is 1.98. The van der Waals surface area contributed by atoms with Gasteiger partial charge in [-0.15, -0.1) is 0 Å². The molecule has 1 heterocycles. The van der Waals surface area contributed by atoms with Gasteiger partial charge in [-0.1, -0.05) is 15.9 Å². The number of hydrogen-bond donors (Lipinski definition) is 0. The number of alkyl halides is 1. The third-order valence-electron chi connectivity index (χ3n) is 1.02. The molecule has 10 heavy (non-hydrogen) atoms. The zero-order valence-electron chi connectivity index (χ0n) is 4.94. The summed E-state index contributed by atoms with van der Waals surface area (Å²) in [6.07, 6.45) is 1.87. The maximum absolute atomic E-state index is 4.20. The molecule has 0 radical (unpaired) electrons. The van der Waals surface area contributed by atoms with Crippen LogP contribution in [0.25, 0.3) is 0 Å². The third-order valence-corrected chi connectivity index (χ3v) is 3.19. The predicted octanol–water partition coefficient (Wildman–Crippen LogP) is 3.19. The van der Waals surface area contributed by atoms with Gasteiger partial charge in [0.15, 0.2) is 0 Å². The molecule has 0 N–H and O–H groups in total. The zero-order chi connectivity index (χ0) is 7.56. The first-order chi connectivity index (χ1) is 4.74. The molecule has 0 fully saturated rings. The molecule has 1 nitrogen and oxygen atoms in total. The molecule has 0 aliphatic carbocycles. The fraction of sp³-hybridized carbons (Fsp3) is 0.167. The Morgan fingerprint density at radius 1 is 1.50 bits per heavy atom. The molecule has 0 aliphatic rings. The second kappa shape index (κ2) is 4.20. The van der Waals surface area contributed by atoms with Crippen LogP contribution < -0.4 is 0 Å². The highest BCUT2D eigenvalue weighted by atomic mass is 127. The molecular weight excluding hydrogens is 420 g/mol. The summed E-state index contributed by atoms with van der Waals surface area (Å²) in [4.78, 5) is 4.20. The Morgan fingerprint density at radius 2 is 2.20 bits per heavy atom. The van der Waals surface area contributed by atoms with Crippen molar-refractivity contribution >= 4 is 61.1 Å². The van der Waals surface area contributed by atoms with Gasteiger partial charge in [0, 0.05) is 15.1 Å². The van der Waals surface area contributed by atoms with Gasteiger partial charge in [0.05, 0.1) is 0 Å². The topological polar surface area (TPSA) is 12.9 Å². The van der Waals surface area contributed by atoms with Gasteiger partial charge in [0.1, 0.15) is 3.70 Å². The molecule has 0 amide bonds. The Morgan fingerprint density at radius 3 is 2.70 bits per heavy atom. The van der Waals surface area contributed by atoms with Crippen LogP contribution in [0, 0.1) is 7.27 Å². The minimum atomic E-state index is 0.884. The van der Waals surface area contributed by atoms with Crippen molar-refractivity contribution < 1.29 is 0 Å². The Labute approximate surface area is 95.4 Å².